The summed E-state index contributed by atoms with van der Waals surface area (Å²) in [5, 5.41) is 20.1. The number of carbonyl (C=O) groups is 3. The fourth-order valence-corrected chi connectivity index (χ4v) is 3.88. The Balaban J connectivity index is 0.00000432. The lowest BCUT2D eigenvalue weighted by molar-refractivity contribution is -0.131. The maximum Gasteiger partial charge on any atom is 0.328 e. The number of hydrogen-bond acceptors (Lipinski definition) is 5. The molecule has 1 heterocycles. The molecule has 186 valence electrons. The molecule has 0 bridgehead atoms. The number of amides is 1. The van der Waals surface area contributed by atoms with Crippen molar-refractivity contribution in [2.24, 2.45) is 0 Å². The van der Waals surface area contributed by atoms with E-state index in [0.29, 0.717) is 35.6 Å². The standard InChI is InChI=1S/C26H29N3O5.ClH/c1-5-34-22-12-17-14-29(24(27)19(17)13-20(22)25(33)28-4)15-21(30)16-7-6-8-18(11-16)26(2,3)10-9-23(31)32;/h6-13,27H,5,14-15H2,1-4H3,(H,28,33)(H,31,32);1H/b10-9+,27-24?;. The van der Waals surface area contributed by atoms with Crippen molar-refractivity contribution in [3.05, 3.63) is 76.4 Å². The van der Waals surface area contributed by atoms with Crippen LogP contribution in [0.4, 0.5) is 0 Å². The van der Waals surface area contributed by atoms with E-state index in [1.807, 2.05) is 26.8 Å². The highest BCUT2D eigenvalue weighted by Gasteiger charge is 2.29. The molecule has 1 amide bonds. The Kier molecular flexibility index (Phi) is 8.82. The Bertz CT molecular complexity index is 1190. The van der Waals surface area contributed by atoms with Crippen molar-refractivity contribution >= 4 is 35.9 Å². The number of ether oxygens (including phenoxy) is 1. The first kappa shape index (κ1) is 27.6. The van der Waals surface area contributed by atoms with E-state index in [4.69, 9.17) is 15.3 Å². The van der Waals surface area contributed by atoms with Crippen LogP contribution < -0.4 is 10.1 Å². The van der Waals surface area contributed by atoms with Crippen molar-refractivity contribution in [1.82, 2.24) is 10.2 Å². The second kappa shape index (κ2) is 11.2. The summed E-state index contributed by atoms with van der Waals surface area (Å²) >= 11 is 0. The third-order valence-corrected chi connectivity index (χ3v) is 5.82. The van der Waals surface area contributed by atoms with Crippen LogP contribution in [0.3, 0.4) is 0 Å². The fraction of sp³-hybridized carbons (Fsp3) is 0.308. The number of ketones is 1. The molecule has 0 atom stereocenters. The Morgan fingerprint density at radius 2 is 1.94 bits per heavy atom. The fourth-order valence-electron chi connectivity index (χ4n) is 3.88. The molecule has 1 aliphatic rings. The minimum Gasteiger partial charge on any atom is -0.493 e. The van der Waals surface area contributed by atoms with E-state index in [-0.39, 0.29) is 36.5 Å². The van der Waals surface area contributed by atoms with E-state index in [1.165, 1.54) is 7.05 Å². The van der Waals surface area contributed by atoms with Gasteiger partial charge < -0.3 is 20.1 Å². The van der Waals surface area contributed by atoms with E-state index in [1.54, 1.807) is 41.3 Å². The number of rotatable bonds is 9. The molecular formula is C26H30ClN3O5. The predicted molar refractivity (Wildman–Crippen MR) is 136 cm³/mol. The molecule has 3 rings (SSSR count). The summed E-state index contributed by atoms with van der Waals surface area (Å²) in [5.41, 5.74) is 2.50. The zero-order valence-electron chi connectivity index (χ0n) is 20.2. The number of benzene rings is 2. The molecule has 0 aromatic heterocycles. The van der Waals surface area contributed by atoms with Gasteiger partial charge in [-0.05, 0) is 36.2 Å². The second-order valence-corrected chi connectivity index (χ2v) is 8.62. The first-order valence-corrected chi connectivity index (χ1v) is 11.0. The van der Waals surface area contributed by atoms with E-state index in [9.17, 15) is 14.4 Å². The van der Waals surface area contributed by atoms with Crippen molar-refractivity contribution < 1.29 is 24.2 Å². The van der Waals surface area contributed by atoms with Gasteiger partial charge in [0.05, 0.1) is 18.7 Å². The number of carboxylic acids is 1. The van der Waals surface area contributed by atoms with Crippen LogP contribution in [-0.4, -0.2) is 53.7 Å². The zero-order chi connectivity index (χ0) is 25.0. The minimum atomic E-state index is -1.03. The van der Waals surface area contributed by atoms with Crippen LogP contribution in [0.5, 0.6) is 5.75 Å². The molecule has 0 spiro atoms. The summed E-state index contributed by atoms with van der Waals surface area (Å²) in [6.45, 7) is 6.35. The molecule has 0 radical (unpaired) electrons. The van der Waals surface area contributed by atoms with Gasteiger partial charge in [-0.15, -0.1) is 12.4 Å². The van der Waals surface area contributed by atoms with Gasteiger partial charge in [0.25, 0.3) is 5.91 Å². The molecule has 35 heavy (non-hydrogen) atoms. The highest BCUT2D eigenvalue weighted by atomic mass is 35.5. The molecule has 0 aliphatic carbocycles. The highest BCUT2D eigenvalue weighted by Crippen LogP contribution is 2.31. The van der Waals surface area contributed by atoms with E-state index in [2.05, 4.69) is 5.32 Å². The number of nitrogens with one attached hydrogen (secondary N) is 2. The molecule has 9 heteroatoms. The van der Waals surface area contributed by atoms with Gasteiger partial charge in [-0.25, -0.2) is 4.79 Å². The SMILES string of the molecule is CCOc1cc2c(cc1C(=O)NC)C(=N)N(CC(=O)c1cccc(C(C)(C)/C=C/C(=O)O)c1)C2.Cl. The van der Waals surface area contributed by atoms with Crippen molar-refractivity contribution in [1.29, 1.82) is 5.41 Å². The molecule has 2 aromatic carbocycles. The molecule has 0 saturated heterocycles. The van der Waals surface area contributed by atoms with Crippen LogP contribution in [0.25, 0.3) is 0 Å². The number of fused-ring (bicyclic) bond motifs is 1. The number of Topliss-reactive ketones (excluding diaryl/α,β-unsaturated/α-hetero) is 1. The third-order valence-electron chi connectivity index (χ3n) is 5.82. The van der Waals surface area contributed by atoms with Crippen molar-refractivity contribution in [2.75, 3.05) is 20.2 Å². The van der Waals surface area contributed by atoms with E-state index >= 15 is 0 Å². The Labute approximate surface area is 210 Å². The number of amidine groups is 1. The van der Waals surface area contributed by atoms with Crippen LogP contribution >= 0.6 is 12.4 Å². The Morgan fingerprint density at radius 3 is 2.57 bits per heavy atom. The van der Waals surface area contributed by atoms with Crippen molar-refractivity contribution in [3.63, 3.8) is 0 Å². The van der Waals surface area contributed by atoms with Crippen LogP contribution in [0, 0.1) is 5.41 Å². The smallest absolute Gasteiger partial charge is 0.328 e. The lowest BCUT2D eigenvalue weighted by Gasteiger charge is -2.22. The Hall–Kier alpha value is -3.65. The maximum absolute atomic E-state index is 13.1. The topological polar surface area (TPSA) is 120 Å². The third kappa shape index (κ3) is 6.08. The average molecular weight is 500 g/mol. The maximum atomic E-state index is 13.1. The predicted octanol–water partition coefficient (Wildman–Crippen LogP) is 3.81. The highest BCUT2D eigenvalue weighted by molar-refractivity contribution is 6.07. The molecule has 2 aromatic rings. The van der Waals surface area contributed by atoms with Crippen LogP contribution in [0.1, 0.15) is 58.2 Å². The van der Waals surface area contributed by atoms with Gasteiger partial charge in [0.1, 0.15) is 11.6 Å². The quantitative estimate of drug-likeness (QED) is 0.356. The largest absolute Gasteiger partial charge is 0.493 e. The van der Waals surface area contributed by atoms with Crippen molar-refractivity contribution in [3.8, 4) is 5.75 Å². The summed E-state index contributed by atoms with van der Waals surface area (Å²) in [5.74, 6) is -0.859. The zero-order valence-corrected chi connectivity index (χ0v) is 21.0. The van der Waals surface area contributed by atoms with Gasteiger partial charge in [0, 0.05) is 36.2 Å². The van der Waals surface area contributed by atoms with Gasteiger partial charge in [-0.3, -0.25) is 15.0 Å². The first-order valence-electron chi connectivity index (χ1n) is 11.0. The summed E-state index contributed by atoms with van der Waals surface area (Å²) < 4.78 is 5.63. The number of aliphatic carboxylic acids is 1. The second-order valence-electron chi connectivity index (χ2n) is 8.62. The van der Waals surface area contributed by atoms with Crippen LogP contribution in [0.2, 0.25) is 0 Å². The lowest BCUT2D eigenvalue weighted by Crippen LogP contribution is -2.30. The molecule has 8 nitrogen and oxygen atoms in total. The van der Waals surface area contributed by atoms with Gasteiger partial charge >= 0.3 is 5.97 Å². The number of carbonyl (C=O) groups excluding carboxylic acids is 2. The van der Waals surface area contributed by atoms with Gasteiger partial charge in [0.15, 0.2) is 5.78 Å². The molecule has 3 N–H and O–H groups in total. The first-order chi connectivity index (χ1) is 16.1. The molecule has 0 fully saturated rings. The summed E-state index contributed by atoms with van der Waals surface area (Å²) in [4.78, 5) is 38.0. The lowest BCUT2D eigenvalue weighted by atomic mass is 9.83. The van der Waals surface area contributed by atoms with Gasteiger partial charge in [0.2, 0.25) is 0 Å². The number of carboxylic acid groups (broad SMARTS) is 1. The van der Waals surface area contributed by atoms with E-state index in [0.717, 1.165) is 17.2 Å². The summed E-state index contributed by atoms with van der Waals surface area (Å²) in [6, 6.07) is 10.5. The summed E-state index contributed by atoms with van der Waals surface area (Å²) in [6.07, 6.45) is 2.69. The average Bonchev–Trinajstić information content (AvgIpc) is 3.11. The summed E-state index contributed by atoms with van der Waals surface area (Å²) in [7, 11) is 1.54. The molecular weight excluding hydrogens is 470 g/mol. The number of nitrogens with zero attached hydrogens (tertiary/aromatic N) is 1. The van der Waals surface area contributed by atoms with Gasteiger partial charge in [-0.1, -0.05) is 38.1 Å². The number of hydrogen-bond donors (Lipinski definition) is 3. The number of halogens is 1. The molecule has 1 aliphatic heterocycles. The Morgan fingerprint density at radius 1 is 1.23 bits per heavy atom. The number of allylic oxidation sites excluding steroid dienone is 1. The van der Waals surface area contributed by atoms with E-state index < -0.39 is 11.4 Å². The van der Waals surface area contributed by atoms with Crippen molar-refractivity contribution in [2.45, 2.75) is 32.7 Å². The van der Waals surface area contributed by atoms with Crippen LogP contribution in [0.15, 0.2) is 48.6 Å². The normalized spacial score (nSPS) is 12.8. The monoisotopic (exact) mass is 499 g/mol. The molecule has 0 unspecified atom stereocenters. The minimum absolute atomic E-state index is 0. The molecule has 0 saturated carbocycles. The van der Waals surface area contributed by atoms with Gasteiger partial charge in [-0.2, -0.15) is 0 Å². The van der Waals surface area contributed by atoms with Crippen LogP contribution in [-0.2, 0) is 16.8 Å².